The zero-order valence-electron chi connectivity index (χ0n) is 14.0. The van der Waals surface area contributed by atoms with E-state index < -0.39 is 0 Å². The van der Waals surface area contributed by atoms with Crippen molar-refractivity contribution in [3.63, 3.8) is 0 Å². The van der Waals surface area contributed by atoms with E-state index in [-0.39, 0.29) is 12.0 Å². The first-order valence-corrected chi connectivity index (χ1v) is 9.72. The summed E-state index contributed by atoms with van der Waals surface area (Å²) in [6.45, 7) is 2.96. The van der Waals surface area contributed by atoms with Gasteiger partial charge in [-0.1, -0.05) is 22.9 Å². The fourth-order valence-corrected chi connectivity index (χ4v) is 3.89. The van der Waals surface area contributed by atoms with Crippen LogP contribution in [0.15, 0.2) is 12.1 Å². The van der Waals surface area contributed by atoms with Gasteiger partial charge in [0.05, 0.1) is 18.0 Å². The normalized spacial score (nSPS) is 10.5. The molecule has 2 aromatic rings. The number of esters is 1. The number of rotatable bonds is 8. The van der Waals surface area contributed by atoms with Crippen LogP contribution in [0.5, 0.6) is 0 Å². The highest BCUT2D eigenvalue weighted by atomic mass is 35.5. The largest absolute Gasteiger partial charge is 0.469 e. The maximum atomic E-state index is 12.4. The summed E-state index contributed by atoms with van der Waals surface area (Å²) < 4.78 is 5.29. The molecule has 0 unspecified atom stereocenters. The number of thiophene rings is 1. The van der Waals surface area contributed by atoms with Gasteiger partial charge in [0.2, 0.25) is 5.13 Å². The van der Waals surface area contributed by atoms with Gasteiger partial charge in [-0.3, -0.25) is 10.1 Å². The van der Waals surface area contributed by atoms with E-state index in [9.17, 15) is 9.59 Å². The topological polar surface area (TPSA) is 84.4 Å². The Balaban J connectivity index is 1.85. The number of hydrogen-bond donors (Lipinski definition) is 1. The number of ether oxygens (including phenoxy) is 1. The van der Waals surface area contributed by atoms with Gasteiger partial charge in [-0.05, 0) is 25.5 Å². The minimum absolute atomic E-state index is 0.232. The predicted octanol–water partition coefficient (Wildman–Crippen LogP) is 3.80. The molecule has 0 aliphatic rings. The van der Waals surface area contributed by atoms with Crippen LogP contribution in [-0.4, -0.2) is 40.8 Å². The Kier molecular flexibility index (Phi) is 7.60. The molecule has 0 saturated carbocycles. The van der Waals surface area contributed by atoms with Gasteiger partial charge >= 0.3 is 12.0 Å². The number of amides is 2. The van der Waals surface area contributed by atoms with Crippen molar-refractivity contribution in [3.05, 3.63) is 26.4 Å². The SMILES string of the molecule is CCN(Cc1ccc(Cl)s1)C(=O)Nc1nnc(CCCC(=O)OC)s1. The van der Waals surface area contributed by atoms with Crippen LogP contribution in [-0.2, 0) is 22.5 Å². The fraction of sp³-hybridized carbons (Fsp3) is 0.467. The van der Waals surface area contributed by atoms with Crippen LogP contribution in [0.2, 0.25) is 4.34 Å². The van der Waals surface area contributed by atoms with Crippen molar-refractivity contribution < 1.29 is 14.3 Å². The highest BCUT2D eigenvalue weighted by Gasteiger charge is 2.15. The molecule has 0 aromatic carbocycles. The zero-order chi connectivity index (χ0) is 18.2. The van der Waals surface area contributed by atoms with Gasteiger partial charge < -0.3 is 9.64 Å². The molecule has 2 rings (SSSR count). The maximum absolute atomic E-state index is 12.4. The summed E-state index contributed by atoms with van der Waals surface area (Å²) in [6.07, 6.45) is 1.59. The Bertz CT molecular complexity index is 719. The van der Waals surface area contributed by atoms with Crippen LogP contribution >= 0.6 is 34.3 Å². The van der Waals surface area contributed by atoms with E-state index >= 15 is 0 Å². The molecule has 25 heavy (non-hydrogen) atoms. The van der Waals surface area contributed by atoms with Gasteiger partial charge in [-0.2, -0.15) is 0 Å². The number of aryl methyl sites for hydroxylation is 1. The van der Waals surface area contributed by atoms with Crippen LogP contribution in [0.1, 0.15) is 29.7 Å². The predicted molar refractivity (Wildman–Crippen MR) is 99.3 cm³/mol. The van der Waals surface area contributed by atoms with Crippen molar-refractivity contribution >= 4 is 51.4 Å². The number of halogens is 1. The first-order chi connectivity index (χ1) is 12.0. The first-order valence-electron chi connectivity index (χ1n) is 7.71. The van der Waals surface area contributed by atoms with Crippen molar-refractivity contribution in [1.29, 1.82) is 0 Å². The van der Waals surface area contributed by atoms with E-state index in [0.717, 1.165) is 9.88 Å². The number of carbonyl (C=O) groups is 2. The quantitative estimate of drug-likeness (QED) is 0.679. The number of nitrogens with zero attached hydrogens (tertiary/aromatic N) is 3. The highest BCUT2D eigenvalue weighted by Crippen LogP contribution is 2.23. The van der Waals surface area contributed by atoms with Crippen LogP contribution in [0.25, 0.3) is 0 Å². The second-order valence-corrected chi connectivity index (χ2v) is 7.94. The third-order valence-corrected chi connectivity index (χ3v) is 5.44. The molecule has 2 amide bonds. The molecule has 2 aromatic heterocycles. The monoisotopic (exact) mass is 402 g/mol. The summed E-state index contributed by atoms with van der Waals surface area (Å²) >= 11 is 8.68. The average molecular weight is 403 g/mol. The number of aromatic nitrogens is 2. The maximum Gasteiger partial charge on any atom is 0.324 e. The van der Waals surface area contributed by atoms with Crippen LogP contribution < -0.4 is 5.32 Å². The van der Waals surface area contributed by atoms with E-state index in [2.05, 4.69) is 20.3 Å². The lowest BCUT2D eigenvalue weighted by molar-refractivity contribution is -0.140. The Morgan fingerprint density at radius 3 is 2.76 bits per heavy atom. The molecule has 1 N–H and O–H groups in total. The number of nitrogens with one attached hydrogen (secondary N) is 1. The molecule has 10 heteroatoms. The third-order valence-electron chi connectivity index (χ3n) is 3.32. The minimum Gasteiger partial charge on any atom is -0.469 e. The van der Waals surface area contributed by atoms with Crippen molar-refractivity contribution in [1.82, 2.24) is 15.1 Å². The molecule has 0 saturated heterocycles. The molecular weight excluding hydrogens is 384 g/mol. The number of carbonyl (C=O) groups excluding carboxylic acids is 2. The molecule has 2 heterocycles. The molecule has 0 fully saturated rings. The van der Waals surface area contributed by atoms with Crippen molar-refractivity contribution in [2.45, 2.75) is 32.7 Å². The van der Waals surface area contributed by atoms with E-state index in [1.807, 2.05) is 19.1 Å². The summed E-state index contributed by atoms with van der Waals surface area (Å²) in [5.74, 6) is -0.245. The van der Waals surface area contributed by atoms with E-state index in [4.69, 9.17) is 11.6 Å². The lowest BCUT2D eigenvalue weighted by Crippen LogP contribution is -2.34. The number of methoxy groups -OCH3 is 1. The molecule has 7 nitrogen and oxygen atoms in total. The standard InChI is InChI=1S/C15H19ClN4O3S2/c1-3-20(9-10-7-8-11(16)24-10)15(22)17-14-19-18-12(25-14)5-4-6-13(21)23-2/h7-8H,3-6,9H2,1-2H3,(H,17,19,22). The average Bonchev–Trinajstić information content (AvgIpc) is 3.21. The lowest BCUT2D eigenvalue weighted by Gasteiger charge is -2.19. The molecule has 0 aliphatic heterocycles. The van der Waals surface area contributed by atoms with Crippen LogP contribution in [0, 0.1) is 0 Å². The number of hydrogen-bond acceptors (Lipinski definition) is 7. The molecular formula is C15H19ClN4O3S2. The Labute approximate surface area is 159 Å². The zero-order valence-corrected chi connectivity index (χ0v) is 16.3. The second-order valence-electron chi connectivity index (χ2n) is 5.08. The van der Waals surface area contributed by atoms with E-state index in [1.54, 1.807) is 4.90 Å². The Morgan fingerprint density at radius 2 is 2.12 bits per heavy atom. The van der Waals surface area contributed by atoms with Gasteiger partial charge in [0.1, 0.15) is 5.01 Å². The molecule has 0 aliphatic carbocycles. The smallest absolute Gasteiger partial charge is 0.324 e. The van der Waals surface area contributed by atoms with Gasteiger partial charge in [0.25, 0.3) is 0 Å². The van der Waals surface area contributed by atoms with Gasteiger partial charge in [0.15, 0.2) is 0 Å². The number of urea groups is 1. The summed E-state index contributed by atoms with van der Waals surface area (Å²) in [7, 11) is 1.37. The van der Waals surface area contributed by atoms with E-state index in [1.165, 1.54) is 29.8 Å². The molecule has 0 bridgehead atoms. The molecule has 0 atom stereocenters. The van der Waals surface area contributed by atoms with Gasteiger partial charge in [0, 0.05) is 24.3 Å². The third kappa shape index (κ3) is 6.26. The Hall–Kier alpha value is -1.71. The minimum atomic E-state index is -0.245. The lowest BCUT2D eigenvalue weighted by atomic mass is 10.2. The summed E-state index contributed by atoms with van der Waals surface area (Å²) in [5, 5.41) is 12.0. The summed E-state index contributed by atoms with van der Waals surface area (Å²) in [5.41, 5.74) is 0. The van der Waals surface area contributed by atoms with Crippen molar-refractivity contribution in [2.24, 2.45) is 0 Å². The second kappa shape index (κ2) is 9.69. The highest BCUT2D eigenvalue weighted by molar-refractivity contribution is 7.16. The molecule has 0 spiro atoms. The fourth-order valence-electron chi connectivity index (χ4n) is 2.01. The first kappa shape index (κ1) is 19.6. The van der Waals surface area contributed by atoms with Crippen molar-refractivity contribution in [2.75, 3.05) is 19.0 Å². The van der Waals surface area contributed by atoms with Gasteiger partial charge in [-0.25, -0.2) is 4.79 Å². The van der Waals surface area contributed by atoms with Gasteiger partial charge in [-0.15, -0.1) is 21.5 Å². The van der Waals surface area contributed by atoms with Crippen molar-refractivity contribution in [3.8, 4) is 0 Å². The Morgan fingerprint density at radius 1 is 1.32 bits per heavy atom. The molecule has 136 valence electrons. The van der Waals surface area contributed by atoms with Crippen LogP contribution in [0.4, 0.5) is 9.93 Å². The van der Waals surface area contributed by atoms with Crippen LogP contribution in [0.3, 0.4) is 0 Å². The van der Waals surface area contributed by atoms with E-state index in [0.29, 0.717) is 41.8 Å². The molecule has 0 radical (unpaired) electrons. The summed E-state index contributed by atoms with van der Waals surface area (Å²) in [6, 6.07) is 3.50. The summed E-state index contributed by atoms with van der Waals surface area (Å²) in [4.78, 5) is 26.1. The number of anilines is 1.